The van der Waals surface area contributed by atoms with Crippen LogP contribution in [0, 0.1) is 0 Å². The lowest BCUT2D eigenvalue weighted by Crippen LogP contribution is -2.43. The van der Waals surface area contributed by atoms with Gasteiger partial charge in [0.25, 0.3) is 0 Å². The Morgan fingerprint density at radius 1 is 1.23 bits per heavy atom. The summed E-state index contributed by atoms with van der Waals surface area (Å²) in [5.41, 5.74) is 2.17. The zero-order valence-electron chi connectivity index (χ0n) is 17.0. The van der Waals surface area contributed by atoms with E-state index in [2.05, 4.69) is 23.1 Å². The second-order valence-electron chi connectivity index (χ2n) is 8.06. The molecule has 0 spiro atoms. The van der Waals surface area contributed by atoms with E-state index >= 15 is 0 Å². The Kier molecular flexibility index (Phi) is 5.31. The van der Waals surface area contributed by atoms with E-state index in [4.69, 9.17) is 14.5 Å². The second-order valence-corrected chi connectivity index (χ2v) is 9.12. The quantitative estimate of drug-likeness (QED) is 0.624. The number of nitrogens with zero attached hydrogens (tertiary/aromatic N) is 3. The van der Waals surface area contributed by atoms with Crippen LogP contribution < -0.4 is 9.47 Å². The minimum atomic E-state index is 0.184. The third-order valence-corrected chi connectivity index (χ3v) is 6.93. The average molecular weight is 424 g/mol. The molecule has 2 aliphatic rings. The van der Waals surface area contributed by atoms with Crippen molar-refractivity contribution in [3.8, 4) is 11.5 Å². The van der Waals surface area contributed by atoms with Crippen molar-refractivity contribution in [1.82, 2.24) is 14.8 Å². The number of benzene rings is 2. The van der Waals surface area contributed by atoms with E-state index in [1.807, 2.05) is 36.2 Å². The first kappa shape index (κ1) is 19.3. The summed E-state index contributed by atoms with van der Waals surface area (Å²) in [6, 6.07) is 14.2. The molecule has 1 amide bonds. The van der Waals surface area contributed by atoms with Gasteiger partial charge in [0, 0.05) is 25.6 Å². The predicted octanol–water partition coefficient (Wildman–Crippen LogP) is 3.86. The van der Waals surface area contributed by atoms with Gasteiger partial charge < -0.3 is 14.4 Å². The number of hydrogen-bond donors (Lipinski definition) is 0. The third-order valence-electron chi connectivity index (χ3n) is 5.73. The molecule has 156 valence electrons. The van der Waals surface area contributed by atoms with Gasteiger partial charge in [0.15, 0.2) is 11.5 Å². The molecule has 0 bridgehead atoms. The van der Waals surface area contributed by atoms with Crippen LogP contribution in [0.25, 0.3) is 10.2 Å². The molecular formula is C23H25N3O3S. The molecule has 0 aliphatic carbocycles. The Morgan fingerprint density at radius 2 is 2.10 bits per heavy atom. The van der Waals surface area contributed by atoms with Crippen molar-refractivity contribution in [2.45, 2.75) is 25.3 Å². The topological polar surface area (TPSA) is 54.9 Å². The monoisotopic (exact) mass is 423 g/mol. The Balaban J connectivity index is 1.20. The molecule has 7 heteroatoms. The second kappa shape index (κ2) is 8.24. The first-order chi connectivity index (χ1) is 14.7. The Morgan fingerprint density at radius 3 is 3.00 bits per heavy atom. The number of hydrogen-bond acceptors (Lipinski definition) is 6. The largest absolute Gasteiger partial charge is 0.454 e. The van der Waals surface area contributed by atoms with Crippen LogP contribution in [-0.4, -0.2) is 54.2 Å². The van der Waals surface area contributed by atoms with Crippen molar-refractivity contribution in [3.05, 3.63) is 53.0 Å². The highest BCUT2D eigenvalue weighted by atomic mass is 32.1. The van der Waals surface area contributed by atoms with Gasteiger partial charge in [-0.1, -0.05) is 18.2 Å². The van der Waals surface area contributed by atoms with Crippen LogP contribution in [0.4, 0.5) is 0 Å². The molecule has 2 aliphatic heterocycles. The lowest BCUT2D eigenvalue weighted by molar-refractivity contribution is -0.133. The van der Waals surface area contributed by atoms with Crippen molar-refractivity contribution in [3.63, 3.8) is 0 Å². The Labute approximate surface area is 180 Å². The van der Waals surface area contributed by atoms with Gasteiger partial charge in [-0.25, -0.2) is 4.98 Å². The Hall–Kier alpha value is -2.64. The first-order valence-corrected chi connectivity index (χ1v) is 11.2. The molecule has 30 heavy (non-hydrogen) atoms. The first-order valence-electron chi connectivity index (χ1n) is 10.4. The van der Waals surface area contributed by atoms with Gasteiger partial charge >= 0.3 is 0 Å². The van der Waals surface area contributed by atoms with Gasteiger partial charge in [-0.3, -0.25) is 9.69 Å². The van der Waals surface area contributed by atoms with Crippen LogP contribution >= 0.6 is 11.3 Å². The van der Waals surface area contributed by atoms with Crippen molar-refractivity contribution in [2.24, 2.45) is 0 Å². The Bertz CT molecular complexity index is 1030. The zero-order chi connectivity index (χ0) is 20.5. The summed E-state index contributed by atoms with van der Waals surface area (Å²) >= 11 is 1.76. The summed E-state index contributed by atoms with van der Waals surface area (Å²) in [4.78, 5) is 21.8. The number of carbonyl (C=O) groups is 1. The molecule has 0 N–H and O–H groups in total. The molecule has 1 saturated heterocycles. The molecule has 3 heterocycles. The smallest absolute Gasteiger partial charge is 0.236 e. The van der Waals surface area contributed by atoms with Crippen molar-refractivity contribution in [1.29, 1.82) is 0 Å². The summed E-state index contributed by atoms with van der Waals surface area (Å²) < 4.78 is 12.0. The molecule has 5 rings (SSSR count). The number of para-hydroxylation sites is 1. The average Bonchev–Trinajstić information content (AvgIpc) is 3.40. The van der Waals surface area contributed by atoms with E-state index in [1.54, 1.807) is 11.3 Å². The number of fused-ring (bicyclic) bond motifs is 2. The van der Waals surface area contributed by atoms with E-state index in [-0.39, 0.29) is 12.7 Å². The highest BCUT2D eigenvalue weighted by Gasteiger charge is 2.27. The van der Waals surface area contributed by atoms with Gasteiger partial charge in [0.2, 0.25) is 12.7 Å². The number of likely N-dealkylation sites (N-methyl/N-ethyl adjacent to an activating group) is 1. The maximum absolute atomic E-state index is 13.0. The number of piperidine rings is 1. The summed E-state index contributed by atoms with van der Waals surface area (Å²) in [6.07, 6.45) is 2.12. The molecule has 3 aromatic rings. The highest BCUT2D eigenvalue weighted by molar-refractivity contribution is 7.18. The summed E-state index contributed by atoms with van der Waals surface area (Å²) in [5.74, 6) is 2.08. The van der Waals surface area contributed by atoms with Gasteiger partial charge in [-0.05, 0) is 49.7 Å². The van der Waals surface area contributed by atoms with Crippen LogP contribution in [0.2, 0.25) is 0 Å². The van der Waals surface area contributed by atoms with Gasteiger partial charge in [0.1, 0.15) is 0 Å². The lowest BCUT2D eigenvalue weighted by atomic mass is 9.98. The van der Waals surface area contributed by atoms with E-state index in [0.29, 0.717) is 19.0 Å². The molecule has 1 aromatic heterocycles. The SMILES string of the molecule is CN(CC(=O)N1CCC[C@H](c2nc3ccccc3s2)C1)Cc1ccc2c(c1)OCO2. The fraction of sp³-hybridized carbons (Fsp3) is 0.391. The number of ether oxygens (including phenoxy) is 2. The van der Waals surface area contributed by atoms with Gasteiger partial charge in [-0.15, -0.1) is 11.3 Å². The summed E-state index contributed by atoms with van der Waals surface area (Å²) in [7, 11) is 1.98. The van der Waals surface area contributed by atoms with Crippen molar-refractivity contribution < 1.29 is 14.3 Å². The predicted molar refractivity (Wildman–Crippen MR) is 117 cm³/mol. The number of carbonyl (C=O) groups excluding carboxylic acids is 1. The number of likely N-dealkylation sites (tertiary alicyclic amines) is 1. The third kappa shape index (κ3) is 4.00. The molecule has 2 aromatic carbocycles. The fourth-order valence-corrected chi connectivity index (χ4v) is 5.30. The normalized spacial score (nSPS) is 18.3. The van der Waals surface area contributed by atoms with Crippen LogP contribution in [0.1, 0.15) is 29.3 Å². The van der Waals surface area contributed by atoms with Crippen molar-refractivity contribution >= 4 is 27.5 Å². The standard InChI is InChI=1S/C23H25N3O3S/c1-25(12-16-8-9-19-20(11-16)29-15-28-19)14-22(27)26-10-4-5-17(13-26)23-24-18-6-2-3-7-21(18)30-23/h2-3,6-9,11,17H,4-5,10,12-15H2,1H3/t17-/m0/s1. The van der Waals surface area contributed by atoms with Gasteiger partial charge in [-0.2, -0.15) is 0 Å². The summed E-state index contributed by atoms with van der Waals surface area (Å²) in [5, 5.41) is 1.16. The minimum absolute atomic E-state index is 0.184. The zero-order valence-corrected chi connectivity index (χ0v) is 17.9. The molecule has 0 unspecified atom stereocenters. The van der Waals surface area contributed by atoms with E-state index in [9.17, 15) is 4.79 Å². The summed E-state index contributed by atoms with van der Waals surface area (Å²) in [6.45, 7) is 2.96. The van der Waals surface area contributed by atoms with Crippen LogP contribution in [-0.2, 0) is 11.3 Å². The maximum Gasteiger partial charge on any atom is 0.236 e. The maximum atomic E-state index is 13.0. The van der Waals surface area contributed by atoms with E-state index < -0.39 is 0 Å². The van der Waals surface area contributed by atoms with Crippen molar-refractivity contribution in [2.75, 3.05) is 33.5 Å². The molecule has 1 atom stereocenters. The number of amides is 1. The van der Waals surface area contributed by atoms with Crippen LogP contribution in [0.5, 0.6) is 11.5 Å². The molecule has 6 nitrogen and oxygen atoms in total. The molecule has 0 saturated carbocycles. The molecule has 1 fully saturated rings. The minimum Gasteiger partial charge on any atom is -0.454 e. The van der Waals surface area contributed by atoms with Crippen LogP contribution in [0.15, 0.2) is 42.5 Å². The van der Waals surface area contributed by atoms with E-state index in [1.165, 1.54) is 4.70 Å². The lowest BCUT2D eigenvalue weighted by Gasteiger charge is -2.33. The molecular weight excluding hydrogens is 398 g/mol. The number of rotatable bonds is 5. The van der Waals surface area contributed by atoms with Gasteiger partial charge in [0.05, 0.1) is 21.8 Å². The number of aromatic nitrogens is 1. The van der Waals surface area contributed by atoms with Crippen LogP contribution in [0.3, 0.4) is 0 Å². The highest BCUT2D eigenvalue weighted by Crippen LogP contribution is 2.34. The number of thiazole rings is 1. The molecule has 0 radical (unpaired) electrons. The fourth-order valence-electron chi connectivity index (χ4n) is 4.21. The van der Waals surface area contributed by atoms with E-state index in [0.717, 1.165) is 53.5 Å².